The number of nitrogens with zero attached hydrogens (tertiary/aromatic N) is 3. The molecule has 0 aliphatic heterocycles. The summed E-state index contributed by atoms with van der Waals surface area (Å²) in [5.41, 5.74) is 0.385. The molecule has 2 amide bonds. The predicted molar refractivity (Wildman–Crippen MR) is 78.6 cm³/mol. The molecule has 110 valence electrons. The Morgan fingerprint density at radius 3 is 2.86 bits per heavy atom. The van der Waals surface area contributed by atoms with Crippen LogP contribution in [0.1, 0.15) is 5.82 Å². The summed E-state index contributed by atoms with van der Waals surface area (Å²) in [6, 6.07) is 7.00. The van der Waals surface area contributed by atoms with Crippen molar-refractivity contribution in [2.24, 2.45) is 0 Å². The van der Waals surface area contributed by atoms with Crippen molar-refractivity contribution < 1.29 is 9.18 Å². The Labute approximate surface area is 122 Å². The van der Waals surface area contributed by atoms with Crippen LogP contribution in [0.15, 0.2) is 36.5 Å². The zero-order valence-electron chi connectivity index (χ0n) is 11.8. The van der Waals surface area contributed by atoms with Crippen LogP contribution in [0.3, 0.4) is 0 Å². The third-order valence-corrected chi connectivity index (χ3v) is 2.64. The summed E-state index contributed by atoms with van der Waals surface area (Å²) in [5.74, 6) is 0.845. The quantitative estimate of drug-likeness (QED) is 0.903. The molecule has 1 aromatic carbocycles. The number of urea groups is 1. The Balaban J connectivity index is 1.90. The largest absolute Gasteiger partial charge is 0.363 e. The van der Waals surface area contributed by atoms with Crippen molar-refractivity contribution in [1.82, 2.24) is 15.3 Å². The first-order valence-corrected chi connectivity index (χ1v) is 6.34. The molecular formula is C14H16FN5O. The van der Waals surface area contributed by atoms with Gasteiger partial charge in [-0.2, -0.15) is 0 Å². The lowest BCUT2D eigenvalue weighted by molar-refractivity contribution is 0.251. The molecule has 0 spiro atoms. The van der Waals surface area contributed by atoms with E-state index in [1.165, 1.54) is 18.2 Å². The van der Waals surface area contributed by atoms with E-state index in [4.69, 9.17) is 0 Å². The number of hydrogen-bond donors (Lipinski definition) is 2. The molecule has 0 saturated heterocycles. The maximum absolute atomic E-state index is 13.0. The summed E-state index contributed by atoms with van der Waals surface area (Å²) in [5, 5.41) is 5.15. The van der Waals surface area contributed by atoms with Gasteiger partial charge in [0.15, 0.2) is 0 Å². The molecule has 21 heavy (non-hydrogen) atoms. The molecule has 0 aliphatic carbocycles. The topological polar surface area (TPSA) is 70.2 Å². The van der Waals surface area contributed by atoms with E-state index < -0.39 is 11.8 Å². The van der Waals surface area contributed by atoms with E-state index in [0.717, 1.165) is 5.82 Å². The van der Waals surface area contributed by atoms with E-state index in [2.05, 4.69) is 20.6 Å². The van der Waals surface area contributed by atoms with Gasteiger partial charge in [0, 0.05) is 26.0 Å². The Morgan fingerprint density at radius 1 is 1.33 bits per heavy atom. The van der Waals surface area contributed by atoms with Gasteiger partial charge >= 0.3 is 6.03 Å². The average molecular weight is 289 g/mol. The van der Waals surface area contributed by atoms with Gasteiger partial charge < -0.3 is 15.5 Å². The zero-order chi connectivity index (χ0) is 15.2. The number of halogens is 1. The minimum Gasteiger partial charge on any atom is -0.363 e. The second-order valence-corrected chi connectivity index (χ2v) is 4.54. The molecule has 1 heterocycles. The van der Waals surface area contributed by atoms with Gasteiger partial charge in [0.2, 0.25) is 0 Å². The molecule has 6 nitrogen and oxygen atoms in total. The Hall–Kier alpha value is -2.70. The highest BCUT2D eigenvalue weighted by Gasteiger charge is 2.05. The zero-order valence-corrected chi connectivity index (χ0v) is 11.8. The highest BCUT2D eigenvalue weighted by molar-refractivity contribution is 5.89. The van der Waals surface area contributed by atoms with Gasteiger partial charge in [0.1, 0.15) is 17.5 Å². The summed E-state index contributed by atoms with van der Waals surface area (Å²) >= 11 is 0. The number of carbonyl (C=O) groups excluding carboxylic acids is 1. The predicted octanol–water partition coefficient (Wildman–Crippen LogP) is 2.00. The van der Waals surface area contributed by atoms with E-state index in [0.29, 0.717) is 11.5 Å². The first-order valence-electron chi connectivity index (χ1n) is 6.34. The monoisotopic (exact) mass is 289 g/mol. The van der Waals surface area contributed by atoms with Gasteiger partial charge in [-0.1, -0.05) is 6.07 Å². The van der Waals surface area contributed by atoms with Gasteiger partial charge in [-0.25, -0.2) is 19.2 Å². The minimum atomic E-state index is -0.445. The van der Waals surface area contributed by atoms with Crippen molar-refractivity contribution >= 4 is 17.5 Å². The summed E-state index contributed by atoms with van der Waals surface area (Å²) in [6.45, 7) is 0.183. The third-order valence-electron chi connectivity index (χ3n) is 2.64. The molecule has 2 rings (SSSR count). The molecule has 2 N–H and O–H groups in total. The first kappa shape index (κ1) is 14.7. The molecule has 0 saturated carbocycles. The van der Waals surface area contributed by atoms with Gasteiger partial charge in [-0.05, 0) is 24.3 Å². The average Bonchev–Trinajstić information content (AvgIpc) is 2.45. The second-order valence-electron chi connectivity index (χ2n) is 4.54. The van der Waals surface area contributed by atoms with Crippen LogP contribution >= 0.6 is 0 Å². The van der Waals surface area contributed by atoms with Crippen LogP contribution in [0.25, 0.3) is 0 Å². The fourth-order valence-corrected chi connectivity index (χ4v) is 1.62. The summed E-state index contributed by atoms with van der Waals surface area (Å²) in [7, 11) is 3.74. The van der Waals surface area contributed by atoms with E-state index in [9.17, 15) is 9.18 Å². The van der Waals surface area contributed by atoms with Crippen LogP contribution in [-0.2, 0) is 6.54 Å². The maximum Gasteiger partial charge on any atom is 0.319 e. The fraction of sp³-hybridized carbons (Fsp3) is 0.214. The van der Waals surface area contributed by atoms with Gasteiger partial charge in [0.05, 0.1) is 6.54 Å². The van der Waals surface area contributed by atoms with Crippen molar-refractivity contribution in [3.05, 3.63) is 48.2 Å². The van der Waals surface area contributed by atoms with E-state index >= 15 is 0 Å². The maximum atomic E-state index is 13.0. The number of anilines is 2. The SMILES string of the molecule is CN(C)c1ccnc(CNC(=O)Nc2cccc(F)c2)n1. The fourth-order valence-electron chi connectivity index (χ4n) is 1.62. The number of amides is 2. The number of nitrogens with one attached hydrogen (secondary N) is 2. The van der Waals surface area contributed by atoms with Crippen molar-refractivity contribution in [3.63, 3.8) is 0 Å². The van der Waals surface area contributed by atoms with E-state index in [-0.39, 0.29) is 6.54 Å². The molecule has 2 aromatic rings. The molecule has 7 heteroatoms. The number of rotatable bonds is 4. The van der Waals surface area contributed by atoms with E-state index in [1.807, 2.05) is 19.0 Å². The van der Waals surface area contributed by atoms with Gasteiger partial charge in [-0.15, -0.1) is 0 Å². The molecule has 0 atom stereocenters. The third kappa shape index (κ3) is 4.41. The first-order chi connectivity index (χ1) is 10.0. The van der Waals surface area contributed by atoms with Gasteiger partial charge in [0.25, 0.3) is 0 Å². The number of carbonyl (C=O) groups is 1. The lowest BCUT2D eigenvalue weighted by atomic mass is 10.3. The number of aromatic nitrogens is 2. The normalized spacial score (nSPS) is 10.0. The van der Waals surface area contributed by atoms with Crippen LogP contribution < -0.4 is 15.5 Å². The molecule has 0 bridgehead atoms. The van der Waals surface area contributed by atoms with Crippen molar-refractivity contribution in [2.75, 3.05) is 24.3 Å². The molecule has 1 aromatic heterocycles. The molecular weight excluding hydrogens is 273 g/mol. The van der Waals surface area contributed by atoms with Crippen LogP contribution in [0.2, 0.25) is 0 Å². The number of benzene rings is 1. The van der Waals surface area contributed by atoms with Crippen LogP contribution in [0.4, 0.5) is 20.7 Å². The summed E-state index contributed by atoms with van der Waals surface area (Å²) in [6.07, 6.45) is 1.63. The van der Waals surface area contributed by atoms with Crippen molar-refractivity contribution in [1.29, 1.82) is 0 Å². The Morgan fingerprint density at radius 2 is 2.14 bits per heavy atom. The highest BCUT2D eigenvalue weighted by atomic mass is 19.1. The summed E-state index contributed by atoms with van der Waals surface area (Å²) < 4.78 is 13.0. The lowest BCUT2D eigenvalue weighted by Crippen LogP contribution is -2.29. The second kappa shape index (κ2) is 6.65. The van der Waals surface area contributed by atoms with Crippen LogP contribution in [0.5, 0.6) is 0 Å². The van der Waals surface area contributed by atoms with Crippen molar-refractivity contribution in [3.8, 4) is 0 Å². The highest BCUT2D eigenvalue weighted by Crippen LogP contribution is 2.09. The Bertz CT molecular complexity index is 632. The van der Waals surface area contributed by atoms with Crippen molar-refractivity contribution in [2.45, 2.75) is 6.54 Å². The standard InChI is InChI=1S/C14H16FN5O/c1-20(2)13-6-7-16-12(19-13)9-17-14(21)18-11-5-3-4-10(15)8-11/h3-8H,9H2,1-2H3,(H2,17,18,21). The summed E-state index contributed by atoms with van der Waals surface area (Å²) in [4.78, 5) is 21.9. The Kier molecular flexibility index (Phi) is 4.65. The molecule has 0 unspecified atom stereocenters. The smallest absolute Gasteiger partial charge is 0.319 e. The van der Waals surface area contributed by atoms with Crippen LogP contribution in [0, 0.1) is 5.82 Å². The molecule has 0 radical (unpaired) electrons. The molecule has 0 aliphatic rings. The van der Waals surface area contributed by atoms with E-state index in [1.54, 1.807) is 18.3 Å². The molecule has 0 fully saturated rings. The van der Waals surface area contributed by atoms with Gasteiger partial charge in [-0.3, -0.25) is 0 Å². The lowest BCUT2D eigenvalue weighted by Gasteiger charge is -2.12. The minimum absolute atomic E-state index is 0.183. The number of hydrogen-bond acceptors (Lipinski definition) is 4. The van der Waals surface area contributed by atoms with Crippen LogP contribution in [-0.4, -0.2) is 30.1 Å².